The summed E-state index contributed by atoms with van der Waals surface area (Å²) in [4.78, 5) is 11.5. The Morgan fingerprint density at radius 1 is 1.38 bits per heavy atom. The summed E-state index contributed by atoms with van der Waals surface area (Å²) in [7, 11) is 0. The van der Waals surface area contributed by atoms with Gasteiger partial charge in [-0.1, -0.05) is 15.9 Å². The second kappa shape index (κ2) is 3.99. The van der Waals surface area contributed by atoms with Crippen LogP contribution in [0.4, 0.5) is 0 Å². The number of hydrogen-bond acceptors (Lipinski definition) is 2. The van der Waals surface area contributed by atoms with Crippen molar-refractivity contribution >= 4 is 38.7 Å². The summed E-state index contributed by atoms with van der Waals surface area (Å²) < 4.78 is 0. The van der Waals surface area contributed by atoms with Crippen molar-refractivity contribution in [1.29, 1.82) is 0 Å². The maximum absolute atomic E-state index is 11.5. The molecule has 0 saturated carbocycles. The molecule has 4 heteroatoms. The number of alkyl halides is 1. The molecule has 1 aliphatic rings. The van der Waals surface area contributed by atoms with Gasteiger partial charge in [-0.2, -0.15) is 0 Å². The second-order valence-corrected chi connectivity index (χ2v) is 5.65. The predicted octanol–water partition coefficient (Wildman–Crippen LogP) is 2.45. The van der Waals surface area contributed by atoms with E-state index in [4.69, 9.17) is 0 Å². The van der Waals surface area contributed by atoms with Gasteiger partial charge in [0.2, 0.25) is 0 Å². The molecular weight excluding hydrogens is 298 g/mol. The van der Waals surface area contributed by atoms with Crippen LogP contribution >= 0.6 is 32.9 Å². The molecule has 1 fully saturated rings. The van der Waals surface area contributed by atoms with Gasteiger partial charge in [-0.05, 0) is 27.7 Å². The largest absolute Gasteiger partial charge is 0.305 e. The Kier molecular flexibility index (Phi) is 4.17. The molecule has 1 unspecified atom stereocenters. The van der Waals surface area contributed by atoms with E-state index in [-0.39, 0.29) is 32.9 Å². The van der Waals surface area contributed by atoms with Gasteiger partial charge in [-0.15, -0.1) is 17.0 Å². The summed E-state index contributed by atoms with van der Waals surface area (Å²) in [5.74, 6) is 0.295. The molecule has 0 bridgehead atoms. The highest BCUT2D eigenvalue weighted by Crippen LogP contribution is 2.30. The molecule has 1 heterocycles. The minimum atomic E-state index is -0.140. The van der Waals surface area contributed by atoms with E-state index in [1.165, 1.54) is 0 Å². The van der Waals surface area contributed by atoms with Crippen LogP contribution in [0.1, 0.15) is 34.1 Å². The Morgan fingerprint density at radius 3 is 2.23 bits per heavy atom. The van der Waals surface area contributed by atoms with Crippen molar-refractivity contribution in [3.8, 4) is 0 Å². The molecule has 13 heavy (non-hydrogen) atoms. The summed E-state index contributed by atoms with van der Waals surface area (Å²) in [5.41, 5.74) is -0.205. The zero-order valence-corrected chi connectivity index (χ0v) is 11.8. The summed E-state index contributed by atoms with van der Waals surface area (Å²) in [6.07, 6.45) is 0.604. The van der Waals surface area contributed by atoms with Crippen LogP contribution in [0.5, 0.6) is 0 Å². The molecule has 0 aromatic heterocycles. The van der Waals surface area contributed by atoms with Gasteiger partial charge in [0.1, 0.15) is 5.78 Å². The van der Waals surface area contributed by atoms with Crippen molar-refractivity contribution in [2.24, 2.45) is 0 Å². The molecule has 0 aromatic carbocycles. The Bertz CT molecular complexity index is 214. The maximum atomic E-state index is 11.5. The molecule has 0 aliphatic carbocycles. The van der Waals surface area contributed by atoms with Crippen molar-refractivity contribution in [2.75, 3.05) is 0 Å². The monoisotopic (exact) mass is 313 g/mol. The van der Waals surface area contributed by atoms with Gasteiger partial charge in [0.15, 0.2) is 0 Å². The van der Waals surface area contributed by atoms with Crippen LogP contribution in [-0.4, -0.2) is 21.7 Å². The average molecular weight is 315 g/mol. The highest BCUT2D eigenvalue weighted by Gasteiger charge is 2.43. The fraction of sp³-hybridized carbons (Fsp3) is 0.889. The molecule has 1 N–H and O–H groups in total. The van der Waals surface area contributed by atoms with Gasteiger partial charge in [0, 0.05) is 17.5 Å². The minimum absolute atomic E-state index is 0. The molecule has 1 atom stereocenters. The fourth-order valence-electron chi connectivity index (χ4n) is 1.91. The number of ketones is 1. The molecule has 0 spiro atoms. The number of hydrogen-bond donors (Lipinski definition) is 1. The Morgan fingerprint density at radius 2 is 1.85 bits per heavy atom. The van der Waals surface area contributed by atoms with Crippen molar-refractivity contribution in [3.05, 3.63) is 0 Å². The van der Waals surface area contributed by atoms with E-state index < -0.39 is 0 Å². The predicted molar refractivity (Wildman–Crippen MR) is 64.0 cm³/mol. The first-order valence-electron chi connectivity index (χ1n) is 4.21. The zero-order valence-electron chi connectivity index (χ0n) is 8.48. The van der Waals surface area contributed by atoms with E-state index in [9.17, 15) is 4.79 Å². The first-order valence-corrected chi connectivity index (χ1v) is 5.12. The van der Waals surface area contributed by atoms with Crippen LogP contribution in [0.15, 0.2) is 0 Å². The lowest BCUT2D eigenvalue weighted by Gasteiger charge is -2.44. The number of rotatable bonds is 0. The van der Waals surface area contributed by atoms with E-state index in [1.807, 2.05) is 13.8 Å². The lowest BCUT2D eigenvalue weighted by Crippen LogP contribution is -2.64. The lowest BCUT2D eigenvalue weighted by molar-refractivity contribution is -0.123. The van der Waals surface area contributed by atoms with Crippen LogP contribution in [0.2, 0.25) is 0 Å². The minimum Gasteiger partial charge on any atom is -0.305 e. The van der Waals surface area contributed by atoms with Crippen LogP contribution < -0.4 is 5.32 Å². The number of halogens is 2. The first-order chi connectivity index (χ1) is 5.25. The third-order valence-corrected chi connectivity index (χ3v) is 3.85. The Hall–Kier alpha value is 0.590. The van der Waals surface area contributed by atoms with E-state index in [1.54, 1.807) is 0 Å². The molecule has 0 aromatic rings. The molecule has 1 saturated heterocycles. The summed E-state index contributed by atoms with van der Waals surface area (Å²) in [6, 6.07) is 0. The molecule has 2 nitrogen and oxygen atoms in total. The molecule has 0 amide bonds. The summed E-state index contributed by atoms with van der Waals surface area (Å²) in [6.45, 7) is 8.22. The Labute approximate surface area is 98.7 Å². The third-order valence-electron chi connectivity index (χ3n) is 2.19. The van der Waals surface area contributed by atoms with E-state index >= 15 is 0 Å². The van der Waals surface area contributed by atoms with Gasteiger partial charge in [0.25, 0.3) is 0 Å². The van der Waals surface area contributed by atoms with Gasteiger partial charge in [-0.25, -0.2) is 0 Å². The standard InChI is InChI=1S/C9H16BrNO.BrH/c1-8(2)5-6(12)7(10)9(3,4)11-8;/h7,11H,5H2,1-4H3;1H. The second-order valence-electron chi connectivity index (χ2n) is 4.74. The highest BCUT2D eigenvalue weighted by molar-refractivity contribution is 9.10. The normalized spacial score (nSPS) is 30.8. The fourth-order valence-corrected chi connectivity index (χ4v) is 2.18. The topological polar surface area (TPSA) is 29.1 Å². The molecule has 1 aliphatic heterocycles. The zero-order chi connectivity index (χ0) is 9.57. The SMILES string of the molecule is Br.CC1(C)CC(=O)C(Br)C(C)(C)N1. The maximum Gasteiger partial charge on any atom is 0.150 e. The molecule has 78 valence electrons. The number of carbonyl (C=O) groups excluding carboxylic acids is 1. The summed E-state index contributed by atoms with van der Waals surface area (Å²) in [5, 5.41) is 3.44. The smallest absolute Gasteiger partial charge is 0.150 e. The van der Waals surface area contributed by atoms with E-state index in [2.05, 4.69) is 35.1 Å². The van der Waals surface area contributed by atoms with Gasteiger partial charge < -0.3 is 5.32 Å². The highest BCUT2D eigenvalue weighted by atomic mass is 79.9. The van der Waals surface area contributed by atoms with Crippen molar-refractivity contribution in [3.63, 3.8) is 0 Å². The summed E-state index contributed by atoms with van der Waals surface area (Å²) >= 11 is 3.41. The van der Waals surface area contributed by atoms with Crippen LogP contribution in [-0.2, 0) is 4.79 Å². The molecular formula is C9H17Br2NO. The first kappa shape index (κ1) is 13.6. The number of nitrogens with one attached hydrogen (secondary N) is 1. The van der Waals surface area contributed by atoms with Crippen molar-refractivity contribution in [1.82, 2.24) is 5.32 Å². The van der Waals surface area contributed by atoms with Crippen LogP contribution in [0.3, 0.4) is 0 Å². The molecule has 0 radical (unpaired) electrons. The van der Waals surface area contributed by atoms with Gasteiger partial charge in [0.05, 0.1) is 4.83 Å². The van der Waals surface area contributed by atoms with Crippen LogP contribution in [0.25, 0.3) is 0 Å². The number of piperidine rings is 1. The van der Waals surface area contributed by atoms with Gasteiger partial charge >= 0.3 is 0 Å². The van der Waals surface area contributed by atoms with Crippen molar-refractivity contribution < 1.29 is 4.79 Å². The third kappa shape index (κ3) is 3.03. The van der Waals surface area contributed by atoms with E-state index in [0.29, 0.717) is 12.2 Å². The van der Waals surface area contributed by atoms with Crippen molar-refractivity contribution in [2.45, 2.75) is 50.0 Å². The average Bonchev–Trinajstić information content (AvgIpc) is 1.79. The van der Waals surface area contributed by atoms with E-state index in [0.717, 1.165) is 0 Å². The quantitative estimate of drug-likeness (QED) is 0.696. The number of carbonyl (C=O) groups is 1. The molecule has 1 rings (SSSR count). The van der Waals surface area contributed by atoms with Crippen LogP contribution in [0, 0.1) is 0 Å². The lowest BCUT2D eigenvalue weighted by atomic mass is 9.82. The Balaban J connectivity index is 0.00000144. The number of Topliss-reactive ketones (excluding diaryl/α,β-unsaturated/α-hetero) is 1. The van der Waals surface area contributed by atoms with Gasteiger partial charge in [-0.3, -0.25) is 4.79 Å².